The first kappa shape index (κ1) is 11.1. The molecule has 2 rings (SSSR count). The molecule has 16 heavy (non-hydrogen) atoms. The third-order valence-electron chi connectivity index (χ3n) is 2.40. The predicted molar refractivity (Wildman–Crippen MR) is 67.0 cm³/mol. The maximum atomic E-state index is 11.5. The maximum absolute atomic E-state index is 11.5. The highest BCUT2D eigenvalue weighted by atomic mass is 32.1. The zero-order valence-electron chi connectivity index (χ0n) is 9.57. The number of nitrogens with zero attached hydrogens (tertiary/aromatic N) is 1. The first-order chi connectivity index (χ1) is 7.58. The van der Waals surface area contributed by atoms with Crippen LogP contribution in [0.15, 0.2) is 22.3 Å². The van der Waals surface area contributed by atoms with E-state index in [1.54, 1.807) is 17.4 Å². The number of nitrogens with one attached hydrogen (secondary N) is 1. The van der Waals surface area contributed by atoms with Crippen LogP contribution in [0.2, 0.25) is 0 Å². The summed E-state index contributed by atoms with van der Waals surface area (Å²) in [6.45, 7) is 6.07. The van der Waals surface area contributed by atoms with Gasteiger partial charge in [0.25, 0.3) is 5.56 Å². The van der Waals surface area contributed by atoms with E-state index in [2.05, 4.69) is 9.97 Å². The number of aromatic amines is 1. The second-order valence-electron chi connectivity index (χ2n) is 4.10. The number of hydrogen-bond acceptors (Lipinski definition) is 3. The largest absolute Gasteiger partial charge is 0.310 e. The molecule has 0 bridgehead atoms. The molecule has 1 N–H and O–H groups in total. The standard InChI is InChI=1S/C12H14N2OS/c1-7(2)12-13-9(6-10(15)14-12)11-8(3)4-5-16-11/h4-7H,1-3H3,(H,13,14,15). The van der Waals surface area contributed by atoms with E-state index in [-0.39, 0.29) is 11.5 Å². The minimum atomic E-state index is -0.0819. The Balaban J connectivity index is 2.58. The number of hydrogen-bond donors (Lipinski definition) is 1. The Morgan fingerprint density at radius 1 is 1.44 bits per heavy atom. The molecule has 0 aliphatic rings. The van der Waals surface area contributed by atoms with Gasteiger partial charge in [0, 0.05) is 12.0 Å². The molecule has 0 saturated heterocycles. The molecule has 0 atom stereocenters. The third-order valence-corrected chi connectivity index (χ3v) is 3.44. The molecule has 2 aromatic heterocycles. The Bertz CT molecular complexity index is 554. The highest BCUT2D eigenvalue weighted by molar-refractivity contribution is 7.13. The Hall–Kier alpha value is -1.42. The van der Waals surface area contributed by atoms with E-state index in [0.717, 1.165) is 22.0 Å². The molecule has 0 aliphatic carbocycles. The number of thiophene rings is 1. The fourth-order valence-electron chi connectivity index (χ4n) is 1.50. The fourth-order valence-corrected chi connectivity index (χ4v) is 2.39. The summed E-state index contributed by atoms with van der Waals surface area (Å²) in [5.74, 6) is 0.975. The van der Waals surface area contributed by atoms with Gasteiger partial charge in [0.05, 0.1) is 10.6 Å². The smallest absolute Gasteiger partial charge is 0.251 e. The van der Waals surface area contributed by atoms with Gasteiger partial charge >= 0.3 is 0 Å². The van der Waals surface area contributed by atoms with Gasteiger partial charge in [0.15, 0.2) is 0 Å². The monoisotopic (exact) mass is 234 g/mol. The summed E-state index contributed by atoms with van der Waals surface area (Å²) in [4.78, 5) is 19.9. The lowest BCUT2D eigenvalue weighted by atomic mass is 10.2. The lowest BCUT2D eigenvalue weighted by Gasteiger charge is -2.06. The van der Waals surface area contributed by atoms with Gasteiger partial charge in [0.1, 0.15) is 5.82 Å². The van der Waals surface area contributed by atoms with E-state index < -0.39 is 0 Å². The van der Waals surface area contributed by atoms with Crippen molar-refractivity contribution in [3.63, 3.8) is 0 Å². The summed E-state index contributed by atoms with van der Waals surface area (Å²) in [7, 11) is 0. The molecule has 84 valence electrons. The zero-order valence-corrected chi connectivity index (χ0v) is 10.4. The number of aryl methyl sites for hydroxylation is 1. The van der Waals surface area contributed by atoms with E-state index in [9.17, 15) is 4.79 Å². The summed E-state index contributed by atoms with van der Waals surface area (Å²) in [6, 6.07) is 3.60. The molecule has 0 saturated carbocycles. The zero-order chi connectivity index (χ0) is 11.7. The molecule has 0 aliphatic heterocycles. The van der Waals surface area contributed by atoms with Gasteiger partial charge in [-0.3, -0.25) is 4.79 Å². The third kappa shape index (κ3) is 2.07. The molecule has 4 heteroatoms. The summed E-state index contributed by atoms with van der Waals surface area (Å²) >= 11 is 1.62. The maximum Gasteiger partial charge on any atom is 0.251 e. The highest BCUT2D eigenvalue weighted by Crippen LogP contribution is 2.26. The van der Waals surface area contributed by atoms with Gasteiger partial charge in [-0.1, -0.05) is 13.8 Å². The summed E-state index contributed by atoms with van der Waals surface area (Å²) in [5, 5.41) is 2.02. The molecule has 2 aromatic rings. The summed E-state index contributed by atoms with van der Waals surface area (Å²) < 4.78 is 0. The van der Waals surface area contributed by atoms with Crippen molar-refractivity contribution >= 4 is 11.3 Å². The van der Waals surface area contributed by atoms with Crippen molar-refractivity contribution < 1.29 is 0 Å². The van der Waals surface area contributed by atoms with Gasteiger partial charge in [0.2, 0.25) is 0 Å². The van der Waals surface area contributed by atoms with E-state index in [0.29, 0.717) is 0 Å². The average molecular weight is 234 g/mol. The lowest BCUT2D eigenvalue weighted by Crippen LogP contribution is -2.12. The molecule has 0 amide bonds. The van der Waals surface area contributed by atoms with Crippen molar-refractivity contribution in [2.24, 2.45) is 0 Å². The quantitative estimate of drug-likeness (QED) is 0.868. The number of H-pyrrole nitrogens is 1. The topological polar surface area (TPSA) is 45.8 Å². The first-order valence-electron chi connectivity index (χ1n) is 5.23. The van der Waals surface area contributed by atoms with Crippen molar-refractivity contribution in [3.05, 3.63) is 39.3 Å². The second kappa shape index (κ2) is 4.22. The van der Waals surface area contributed by atoms with Crippen molar-refractivity contribution in [1.29, 1.82) is 0 Å². The second-order valence-corrected chi connectivity index (χ2v) is 5.02. The van der Waals surface area contributed by atoms with Crippen LogP contribution in [0.5, 0.6) is 0 Å². The molecule has 0 spiro atoms. The van der Waals surface area contributed by atoms with Crippen LogP contribution < -0.4 is 5.56 Å². The Kier molecular flexibility index (Phi) is 2.92. The molecular formula is C12H14N2OS. The van der Waals surface area contributed by atoms with Crippen LogP contribution in [0.4, 0.5) is 0 Å². The Morgan fingerprint density at radius 2 is 2.19 bits per heavy atom. The van der Waals surface area contributed by atoms with E-state index in [1.807, 2.05) is 32.2 Å². The van der Waals surface area contributed by atoms with Crippen LogP contribution >= 0.6 is 11.3 Å². The van der Waals surface area contributed by atoms with Crippen molar-refractivity contribution in [1.82, 2.24) is 9.97 Å². The number of aromatic nitrogens is 2. The molecule has 2 heterocycles. The summed E-state index contributed by atoms with van der Waals surface area (Å²) in [5.41, 5.74) is 1.86. The predicted octanol–water partition coefficient (Wildman–Crippen LogP) is 2.93. The van der Waals surface area contributed by atoms with Gasteiger partial charge in [-0.15, -0.1) is 11.3 Å². The van der Waals surface area contributed by atoms with Gasteiger partial charge in [-0.05, 0) is 23.9 Å². The van der Waals surface area contributed by atoms with Crippen LogP contribution in [-0.2, 0) is 0 Å². The Labute approximate surface area is 98.2 Å². The van der Waals surface area contributed by atoms with Crippen molar-refractivity contribution in [2.45, 2.75) is 26.7 Å². The molecule has 0 unspecified atom stereocenters. The lowest BCUT2D eigenvalue weighted by molar-refractivity contribution is 0.769. The first-order valence-corrected chi connectivity index (χ1v) is 6.11. The van der Waals surface area contributed by atoms with Gasteiger partial charge < -0.3 is 4.98 Å². The van der Waals surface area contributed by atoms with Gasteiger partial charge in [-0.25, -0.2) is 4.98 Å². The molecule has 0 fully saturated rings. The van der Waals surface area contributed by atoms with E-state index >= 15 is 0 Å². The van der Waals surface area contributed by atoms with Crippen molar-refractivity contribution in [3.8, 4) is 10.6 Å². The van der Waals surface area contributed by atoms with Crippen LogP contribution in [0.25, 0.3) is 10.6 Å². The molecule has 3 nitrogen and oxygen atoms in total. The van der Waals surface area contributed by atoms with Crippen LogP contribution in [0, 0.1) is 6.92 Å². The van der Waals surface area contributed by atoms with E-state index in [4.69, 9.17) is 0 Å². The molecule has 0 aromatic carbocycles. The fraction of sp³-hybridized carbons (Fsp3) is 0.333. The SMILES string of the molecule is Cc1ccsc1-c1cc(=O)[nH]c(C(C)C)n1. The molecule has 0 radical (unpaired) electrons. The molecular weight excluding hydrogens is 220 g/mol. The average Bonchev–Trinajstić information content (AvgIpc) is 2.63. The van der Waals surface area contributed by atoms with Crippen LogP contribution in [0.1, 0.15) is 31.2 Å². The van der Waals surface area contributed by atoms with Gasteiger partial charge in [-0.2, -0.15) is 0 Å². The van der Waals surface area contributed by atoms with Crippen LogP contribution in [-0.4, -0.2) is 9.97 Å². The Morgan fingerprint density at radius 3 is 2.75 bits per heavy atom. The minimum Gasteiger partial charge on any atom is -0.310 e. The minimum absolute atomic E-state index is 0.0819. The van der Waals surface area contributed by atoms with E-state index in [1.165, 1.54) is 0 Å². The number of rotatable bonds is 2. The highest BCUT2D eigenvalue weighted by Gasteiger charge is 2.09. The normalized spacial score (nSPS) is 11.0. The van der Waals surface area contributed by atoms with Crippen LogP contribution in [0.3, 0.4) is 0 Å². The summed E-state index contributed by atoms with van der Waals surface area (Å²) in [6.07, 6.45) is 0. The van der Waals surface area contributed by atoms with Crippen molar-refractivity contribution in [2.75, 3.05) is 0 Å².